The number of hydrogen-bond donors (Lipinski definition) is 1. The summed E-state index contributed by atoms with van der Waals surface area (Å²) in [4.78, 5) is 25.3. The Morgan fingerprint density at radius 2 is 2.07 bits per heavy atom. The van der Waals surface area contributed by atoms with Crippen molar-refractivity contribution in [3.8, 4) is 11.5 Å². The fraction of sp³-hybridized carbons (Fsp3) is 0.263. The van der Waals surface area contributed by atoms with Gasteiger partial charge in [0.25, 0.3) is 11.8 Å². The highest BCUT2D eigenvalue weighted by molar-refractivity contribution is 8.01. The SMILES string of the molecule is Cc1cc(-c2nnc(COC(=O)C[C@H]3Sc4ccccc4NC3=O)o2)c(C)o1. The molecule has 1 aromatic carbocycles. The van der Waals surface area contributed by atoms with E-state index in [1.165, 1.54) is 11.8 Å². The lowest BCUT2D eigenvalue weighted by Crippen LogP contribution is -2.31. The first-order valence-electron chi connectivity index (χ1n) is 8.61. The van der Waals surface area contributed by atoms with Gasteiger partial charge in [-0.2, -0.15) is 0 Å². The van der Waals surface area contributed by atoms with Crippen LogP contribution in [0, 0.1) is 13.8 Å². The Morgan fingerprint density at radius 1 is 1.25 bits per heavy atom. The van der Waals surface area contributed by atoms with Crippen LogP contribution in [0.15, 0.2) is 44.1 Å². The van der Waals surface area contributed by atoms with Gasteiger partial charge >= 0.3 is 5.97 Å². The molecule has 2 aromatic heterocycles. The summed E-state index contributed by atoms with van der Waals surface area (Å²) in [6, 6.07) is 9.26. The van der Waals surface area contributed by atoms with Crippen LogP contribution in [-0.2, 0) is 20.9 Å². The first-order chi connectivity index (χ1) is 13.5. The lowest BCUT2D eigenvalue weighted by molar-refractivity contribution is -0.146. The molecular weight excluding hydrogens is 382 g/mol. The lowest BCUT2D eigenvalue weighted by Gasteiger charge is -2.23. The number of aromatic nitrogens is 2. The Labute approximate surface area is 164 Å². The predicted octanol–water partition coefficient (Wildman–Crippen LogP) is 3.49. The zero-order valence-electron chi connectivity index (χ0n) is 15.2. The lowest BCUT2D eigenvalue weighted by atomic mass is 10.2. The van der Waals surface area contributed by atoms with Gasteiger partial charge in [0, 0.05) is 4.90 Å². The number of amides is 1. The molecule has 0 spiro atoms. The molecule has 28 heavy (non-hydrogen) atoms. The van der Waals surface area contributed by atoms with Crippen molar-refractivity contribution in [1.29, 1.82) is 0 Å². The molecule has 4 rings (SSSR count). The highest BCUT2D eigenvalue weighted by atomic mass is 32.2. The summed E-state index contributed by atoms with van der Waals surface area (Å²) in [5.74, 6) is 1.16. The molecule has 0 fully saturated rings. The summed E-state index contributed by atoms with van der Waals surface area (Å²) < 4.78 is 16.2. The Balaban J connectivity index is 1.34. The van der Waals surface area contributed by atoms with Gasteiger partial charge < -0.3 is 18.9 Å². The van der Waals surface area contributed by atoms with Gasteiger partial charge in [0.05, 0.1) is 22.9 Å². The Bertz CT molecular complexity index is 1040. The minimum absolute atomic E-state index is 0.0497. The largest absolute Gasteiger partial charge is 0.466 e. The zero-order valence-corrected chi connectivity index (χ0v) is 16.0. The number of para-hydroxylation sites is 1. The van der Waals surface area contributed by atoms with Gasteiger partial charge in [0.15, 0.2) is 6.61 Å². The van der Waals surface area contributed by atoms with Crippen LogP contribution in [0.1, 0.15) is 23.8 Å². The fourth-order valence-electron chi connectivity index (χ4n) is 2.84. The predicted molar refractivity (Wildman–Crippen MR) is 101 cm³/mol. The Hall–Kier alpha value is -3.07. The summed E-state index contributed by atoms with van der Waals surface area (Å²) in [5, 5.41) is 10.1. The molecule has 1 atom stereocenters. The second kappa shape index (κ2) is 7.51. The number of carbonyl (C=O) groups excluding carboxylic acids is 2. The van der Waals surface area contributed by atoms with Crippen molar-refractivity contribution in [3.63, 3.8) is 0 Å². The molecule has 144 valence electrons. The first kappa shape index (κ1) is 18.3. The van der Waals surface area contributed by atoms with E-state index in [-0.39, 0.29) is 24.8 Å². The number of rotatable bonds is 5. The van der Waals surface area contributed by atoms with Crippen molar-refractivity contribution in [2.75, 3.05) is 5.32 Å². The third kappa shape index (κ3) is 3.79. The van der Waals surface area contributed by atoms with Gasteiger partial charge in [0.2, 0.25) is 5.91 Å². The Kier molecular flexibility index (Phi) is 4.91. The second-order valence-corrected chi connectivity index (χ2v) is 7.53. The number of anilines is 1. The number of ether oxygens (including phenoxy) is 1. The van der Waals surface area contributed by atoms with Crippen molar-refractivity contribution >= 4 is 29.3 Å². The van der Waals surface area contributed by atoms with Crippen LogP contribution < -0.4 is 5.32 Å². The van der Waals surface area contributed by atoms with Crippen LogP contribution in [-0.4, -0.2) is 27.3 Å². The van der Waals surface area contributed by atoms with Crippen molar-refractivity contribution in [2.24, 2.45) is 0 Å². The van der Waals surface area contributed by atoms with Crippen molar-refractivity contribution in [2.45, 2.75) is 37.0 Å². The first-order valence-corrected chi connectivity index (χ1v) is 9.49. The summed E-state index contributed by atoms with van der Waals surface area (Å²) in [7, 11) is 0. The minimum atomic E-state index is -0.544. The summed E-state index contributed by atoms with van der Waals surface area (Å²) in [6.07, 6.45) is -0.0497. The van der Waals surface area contributed by atoms with Crippen molar-refractivity contribution in [1.82, 2.24) is 10.2 Å². The number of nitrogens with zero attached hydrogens (tertiary/aromatic N) is 2. The third-order valence-corrected chi connectivity index (χ3v) is 5.43. The molecule has 0 aliphatic carbocycles. The van der Waals surface area contributed by atoms with E-state index in [4.69, 9.17) is 13.6 Å². The van der Waals surface area contributed by atoms with Crippen molar-refractivity contribution < 1.29 is 23.2 Å². The maximum atomic E-state index is 12.2. The number of thioether (sulfide) groups is 1. The highest BCUT2D eigenvalue weighted by Gasteiger charge is 2.29. The number of fused-ring (bicyclic) bond motifs is 1. The average molecular weight is 399 g/mol. The minimum Gasteiger partial charge on any atom is -0.466 e. The van der Waals surface area contributed by atoms with E-state index in [1.807, 2.05) is 31.2 Å². The number of esters is 1. The quantitative estimate of drug-likeness (QED) is 0.650. The molecule has 8 nitrogen and oxygen atoms in total. The van der Waals surface area contributed by atoms with Crippen LogP contribution in [0.4, 0.5) is 5.69 Å². The zero-order chi connectivity index (χ0) is 19.7. The number of nitrogens with one attached hydrogen (secondary N) is 1. The van der Waals surface area contributed by atoms with Crippen LogP contribution in [0.25, 0.3) is 11.5 Å². The molecule has 0 bridgehead atoms. The van der Waals surface area contributed by atoms with Crippen LogP contribution in [0.3, 0.4) is 0 Å². The number of benzene rings is 1. The van der Waals surface area contributed by atoms with E-state index in [0.717, 1.165) is 16.3 Å². The number of aryl methyl sites for hydroxylation is 2. The van der Waals surface area contributed by atoms with Gasteiger partial charge in [-0.3, -0.25) is 9.59 Å². The van der Waals surface area contributed by atoms with Crippen molar-refractivity contribution in [3.05, 3.63) is 47.7 Å². The molecule has 0 saturated heterocycles. The van der Waals surface area contributed by atoms with Gasteiger partial charge in [-0.1, -0.05) is 12.1 Å². The van der Waals surface area contributed by atoms with E-state index in [0.29, 0.717) is 17.2 Å². The van der Waals surface area contributed by atoms with Crippen LogP contribution >= 0.6 is 11.8 Å². The topological polar surface area (TPSA) is 107 Å². The van der Waals surface area contributed by atoms with Gasteiger partial charge in [0.1, 0.15) is 11.5 Å². The Morgan fingerprint density at radius 3 is 2.86 bits per heavy atom. The summed E-state index contributed by atoms with van der Waals surface area (Å²) in [5.41, 5.74) is 1.46. The summed E-state index contributed by atoms with van der Waals surface area (Å²) >= 11 is 1.35. The molecular formula is C19H17N3O5S. The smallest absolute Gasteiger partial charge is 0.307 e. The maximum Gasteiger partial charge on any atom is 0.307 e. The van der Waals surface area contributed by atoms with Crippen LogP contribution in [0.5, 0.6) is 0 Å². The summed E-state index contributed by atoms with van der Waals surface area (Å²) in [6.45, 7) is 3.47. The van der Waals surface area contributed by atoms with Gasteiger partial charge in [-0.25, -0.2) is 0 Å². The average Bonchev–Trinajstić information content (AvgIpc) is 3.26. The molecule has 0 unspecified atom stereocenters. The van der Waals surface area contributed by atoms with Gasteiger partial charge in [-0.05, 0) is 32.0 Å². The van der Waals surface area contributed by atoms with E-state index in [1.54, 1.807) is 13.0 Å². The van der Waals surface area contributed by atoms with E-state index < -0.39 is 11.2 Å². The number of hydrogen-bond acceptors (Lipinski definition) is 8. The van der Waals surface area contributed by atoms with E-state index in [2.05, 4.69) is 15.5 Å². The molecule has 1 amide bonds. The number of carbonyl (C=O) groups is 2. The second-order valence-electron chi connectivity index (χ2n) is 6.28. The molecule has 1 aliphatic rings. The van der Waals surface area contributed by atoms with E-state index >= 15 is 0 Å². The van der Waals surface area contributed by atoms with E-state index in [9.17, 15) is 9.59 Å². The fourth-order valence-corrected chi connectivity index (χ4v) is 3.94. The van der Waals surface area contributed by atoms with Crippen LogP contribution in [0.2, 0.25) is 0 Å². The van der Waals surface area contributed by atoms with Gasteiger partial charge in [-0.15, -0.1) is 22.0 Å². The molecule has 9 heteroatoms. The number of furan rings is 1. The monoisotopic (exact) mass is 399 g/mol. The molecule has 1 N–H and O–H groups in total. The normalized spacial score (nSPS) is 15.8. The highest BCUT2D eigenvalue weighted by Crippen LogP contribution is 2.36. The molecule has 3 heterocycles. The molecule has 3 aromatic rings. The molecule has 0 saturated carbocycles. The third-order valence-electron chi connectivity index (χ3n) is 4.15. The molecule has 1 aliphatic heterocycles. The standard InChI is InChI=1S/C19H17N3O5S/c1-10-7-12(11(2)26-10)19-22-21-16(27-19)9-25-17(23)8-15-18(24)20-13-5-3-4-6-14(13)28-15/h3-7,15H,8-9H2,1-2H3,(H,20,24)/t15-/m1/s1. The maximum absolute atomic E-state index is 12.2. The molecule has 0 radical (unpaired) electrons.